The lowest BCUT2D eigenvalue weighted by Gasteiger charge is -2.06. The average molecular weight is 262 g/mol. The van der Waals surface area contributed by atoms with Gasteiger partial charge in [0.15, 0.2) is 0 Å². The van der Waals surface area contributed by atoms with E-state index in [9.17, 15) is 14.4 Å². The van der Waals surface area contributed by atoms with Crippen LogP contribution < -0.4 is 0 Å². The van der Waals surface area contributed by atoms with Crippen LogP contribution in [0.25, 0.3) is 0 Å². The second kappa shape index (κ2) is 5.23. The molecule has 2 N–H and O–H groups in total. The number of benzene rings is 2. The van der Waals surface area contributed by atoms with E-state index < -0.39 is 10.8 Å². The van der Waals surface area contributed by atoms with E-state index in [2.05, 4.69) is 0 Å². The molecule has 0 aliphatic carbocycles. The van der Waals surface area contributed by atoms with Crippen LogP contribution in [0.1, 0.15) is 12.5 Å². The molecule has 4 heteroatoms. The zero-order chi connectivity index (χ0) is 13.1. The Morgan fingerprint density at radius 3 is 2.22 bits per heavy atom. The van der Waals surface area contributed by atoms with E-state index in [1.54, 1.807) is 30.3 Å². The van der Waals surface area contributed by atoms with Crippen LogP contribution in [0.5, 0.6) is 11.5 Å². The molecule has 94 valence electrons. The molecule has 0 aliphatic heterocycles. The Morgan fingerprint density at radius 2 is 1.61 bits per heavy atom. The van der Waals surface area contributed by atoms with Crippen LogP contribution in [0.3, 0.4) is 0 Å². The fourth-order valence-corrected chi connectivity index (χ4v) is 2.76. The van der Waals surface area contributed by atoms with E-state index in [1.165, 1.54) is 12.1 Å². The topological polar surface area (TPSA) is 57.5 Å². The van der Waals surface area contributed by atoms with Crippen LogP contribution in [0.4, 0.5) is 0 Å². The number of hydrogen-bond donors (Lipinski definition) is 2. The molecule has 0 fully saturated rings. The largest absolute Gasteiger partial charge is 0.508 e. The molecule has 0 bridgehead atoms. The Morgan fingerprint density at radius 1 is 1.00 bits per heavy atom. The fraction of sp³-hybridized carbons (Fsp3) is 0.143. The Kier molecular flexibility index (Phi) is 3.67. The first-order chi connectivity index (χ1) is 8.61. The second-order valence-electron chi connectivity index (χ2n) is 3.91. The molecule has 1 atom stereocenters. The molecule has 18 heavy (non-hydrogen) atoms. The lowest BCUT2D eigenvalue weighted by atomic mass is 10.1. The van der Waals surface area contributed by atoms with Gasteiger partial charge in [0.1, 0.15) is 11.5 Å². The second-order valence-corrected chi connectivity index (χ2v) is 5.39. The van der Waals surface area contributed by atoms with Crippen molar-refractivity contribution in [3.8, 4) is 11.5 Å². The molecule has 1 unspecified atom stereocenters. The summed E-state index contributed by atoms with van der Waals surface area (Å²) in [5.41, 5.74) is 0.777. The van der Waals surface area contributed by atoms with Crippen LogP contribution in [-0.2, 0) is 17.2 Å². The summed E-state index contributed by atoms with van der Waals surface area (Å²) < 4.78 is 12.3. The van der Waals surface area contributed by atoms with Crippen molar-refractivity contribution in [3.63, 3.8) is 0 Å². The first-order valence-corrected chi connectivity index (χ1v) is 6.79. The summed E-state index contributed by atoms with van der Waals surface area (Å²) in [5, 5.41) is 18.8. The maximum atomic E-state index is 12.3. The van der Waals surface area contributed by atoms with Gasteiger partial charge in [-0.25, -0.2) is 4.21 Å². The predicted molar refractivity (Wildman–Crippen MR) is 70.3 cm³/mol. The Hall–Kier alpha value is -1.81. The van der Waals surface area contributed by atoms with Gasteiger partial charge in [0.2, 0.25) is 0 Å². The smallest absolute Gasteiger partial charge is 0.118 e. The quantitative estimate of drug-likeness (QED) is 0.894. The van der Waals surface area contributed by atoms with Crippen molar-refractivity contribution in [1.82, 2.24) is 0 Å². The predicted octanol–water partition coefficient (Wildman–Crippen LogP) is 2.83. The number of aryl methyl sites for hydroxylation is 1. The van der Waals surface area contributed by atoms with Crippen molar-refractivity contribution in [2.45, 2.75) is 23.1 Å². The van der Waals surface area contributed by atoms with Gasteiger partial charge in [-0.15, -0.1) is 0 Å². The van der Waals surface area contributed by atoms with Crippen molar-refractivity contribution in [2.24, 2.45) is 0 Å². The number of aromatic hydroxyl groups is 2. The highest BCUT2D eigenvalue weighted by molar-refractivity contribution is 7.85. The summed E-state index contributed by atoms with van der Waals surface area (Å²) >= 11 is 0. The first-order valence-electron chi connectivity index (χ1n) is 5.64. The van der Waals surface area contributed by atoms with Crippen molar-refractivity contribution < 1.29 is 14.4 Å². The molecule has 0 amide bonds. The van der Waals surface area contributed by atoms with E-state index in [0.717, 1.165) is 5.56 Å². The highest BCUT2D eigenvalue weighted by atomic mass is 32.2. The average Bonchev–Trinajstić information content (AvgIpc) is 2.39. The van der Waals surface area contributed by atoms with E-state index in [0.29, 0.717) is 16.2 Å². The highest BCUT2D eigenvalue weighted by Gasteiger charge is 2.09. The first kappa shape index (κ1) is 12.6. The number of rotatable bonds is 3. The molecule has 0 spiro atoms. The molecule has 0 saturated heterocycles. The molecule has 0 aromatic heterocycles. The zero-order valence-corrected chi connectivity index (χ0v) is 10.8. The minimum atomic E-state index is -1.30. The lowest BCUT2D eigenvalue weighted by Crippen LogP contribution is -1.94. The third-order valence-electron chi connectivity index (χ3n) is 2.70. The van der Waals surface area contributed by atoms with Gasteiger partial charge >= 0.3 is 0 Å². The molecule has 0 saturated carbocycles. The maximum Gasteiger partial charge on any atom is 0.118 e. The monoisotopic (exact) mass is 262 g/mol. The molecular weight excluding hydrogens is 248 g/mol. The summed E-state index contributed by atoms with van der Waals surface area (Å²) in [6, 6.07) is 11.2. The van der Waals surface area contributed by atoms with Crippen LogP contribution in [0.15, 0.2) is 52.3 Å². The third-order valence-corrected chi connectivity index (χ3v) is 4.08. The van der Waals surface area contributed by atoms with Crippen molar-refractivity contribution in [2.75, 3.05) is 0 Å². The van der Waals surface area contributed by atoms with Gasteiger partial charge in [-0.3, -0.25) is 0 Å². The zero-order valence-electron chi connectivity index (χ0n) is 9.96. The van der Waals surface area contributed by atoms with Gasteiger partial charge in [-0.05, 0) is 54.4 Å². The van der Waals surface area contributed by atoms with Crippen LogP contribution in [0, 0.1) is 0 Å². The summed E-state index contributed by atoms with van der Waals surface area (Å²) in [7, 11) is -1.30. The van der Waals surface area contributed by atoms with E-state index >= 15 is 0 Å². The molecular formula is C14H14O3S. The van der Waals surface area contributed by atoms with Crippen LogP contribution in [0.2, 0.25) is 0 Å². The number of phenolic OH excluding ortho intramolecular Hbond substituents is 2. The van der Waals surface area contributed by atoms with E-state index in [4.69, 9.17) is 0 Å². The fourth-order valence-electron chi connectivity index (χ4n) is 1.67. The highest BCUT2D eigenvalue weighted by Crippen LogP contribution is 2.24. The third kappa shape index (κ3) is 2.54. The molecule has 3 nitrogen and oxygen atoms in total. The molecule has 2 aromatic carbocycles. The van der Waals surface area contributed by atoms with Crippen LogP contribution in [-0.4, -0.2) is 14.4 Å². The number of phenols is 2. The summed E-state index contributed by atoms with van der Waals surface area (Å²) in [6.07, 6.45) is 0.687. The molecule has 0 aliphatic rings. The van der Waals surface area contributed by atoms with Crippen molar-refractivity contribution in [3.05, 3.63) is 48.0 Å². The van der Waals surface area contributed by atoms with Gasteiger partial charge in [0.05, 0.1) is 10.8 Å². The number of hydrogen-bond acceptors (Lipinski definition) is 3. The molecule has 2 rings (SSSR count). The van der Waals surface area contributed by atoms with Crippen molar-refractivity contribution in [1.29, 1.82) is 0 Å². The van der Waals surface area contributed by atoms with Gasteiger partial charge < -0.3 is 10.2 Å². The Labute approximate surface area is 108 Å². The lowest BCUT2D eigenvalue weighted by molar-refractivity contribution is 0.468. The molecule has 2 aromatic rings. The van der Waals surface area contributed by atoms with Crippen molar-refractivity contribution >= 4 is 10.8 Å². The SMILES string of the molecule is CCc1cc(S(=O)c2ccc(O)cc2)ccc1O. The van der Waals surface area contributed by atoms with Gasteiger partial charge in [-0.1, -0.05) is 6.92 Å². The van der Waals surface area contributed by atoms with E-state index in [1.807, 2.05) is 6.92 Å². The minimum absolute atomic E-state index is 0.149. The molecule has 0 radical (unpaired) electrons. The Balaban J connectivity index is 2.37. The van der Waals surface area contributed by atoms with Crippen LogP contribution >= 0.6 is 0 Å². The van der Waals surface area contributed by atoms with Gasteiger partial charge in [0.25, 0.3) is 0 Å². The van der Waals surface area contributed by atoms with E-state index in [-0.39, 0.29) is 11.5 Å². The standard InChI is InChI=1S/C14H14O3S/c1-2-10-9-13(7-8-14(10)16)18(17)12-5-3-11(15)4-6-12/h3-9,15-16H,2H2,1H3. The normalized spacial score (nSPS) is 12.3. The van der Waals surface area contributed by atoms with Gasteiger partial charge in [-0.2, -0.15) is 0 Å². The summed E-state index contributed by atoms with van der Waals surface area (Å²) in [4.78, 5) is 1.27. The minimum Gasteiger partial charge on any atom is -0.508 e. The summed E-state index contributed by atoms with van der Waals surface area (Å²) in [6.45, 7) is 1.93. The Bertz CT molecular complexity index is 576. The summed E-state index contributed by atoms with van der Waals surface area (Å²) in [5.74, 6) is 0.375. The molecule has 0 heterocycles. The maximum absolute atomic E-state index is 12.3. The van der Waals surface area contributed by atoms with Gasteiger partial charge in [0, 0.05) is 9.79 Å².